The maximum absolute atomic E-state index is 13.7. The van der Waals surface area contributed by atoms with E-state index in [2.05, 4.69) is 10.3 Å². The Morgan fingerprint density at radius 3 is 2.56 bits per heavy atom. The van der Waals surface area contributed by atoms with E-state index in [4.69, 9.17) is 9.47 Å². The highest BCUT2D eigenvalue weighted by Gasteiger charge is 2.49. The number of methoxy groups -OCH3 is 1. The van der Waals surface area contributed by atoms with Gasteiger partial charge in [0, 0.05) is 12.6 Å². The number of imidazole rings is 1. The first-order valence-electron chi connectivity index (χ1n) is 11.9. The van der Waals surface area contributed by atoms with Gasteiger partial charge in [-0.05, 0) is 43.9 Å². The van der Waals surface area contributed by atoms with Gasteiger partial charge in [-0.25, -0.2) is 9.78 Å². The van der Waals surface area contributed by atoms with Crippen LogP contribution in [0.25, 0.3) is 0 Å². The molecule has 4 rings (SSSR count). The van der Waals surface area contributed by atoms with Gasteiger partial charge in [-0.2, -0.15) is 0 Å². The Balaban J connectivity index is 1.66. The summed E-state index contributed by atoms with van der Waals surface area (Å²) in [6.07, 6.45) is 6.40. The molecule has 1 aromatic carbocycles. The highest BCUT2D eigenvalue weighted by molar-refractivity contribution is 6.06. The molecule has 1 N–H and O–H groups in total. The lowest BCUT2D eigenvalue weighted by atomic mass is 9.93. The van der Waals surface area contributed by atoms with Crippen molar-refractivity contribution in [1.82, 2.24) is 19.8 Å². The second-order valence-corrected chi connectivity index (χ2v) is 9.17. The van der Waals surface area contributed by atoms with E-state index in [1.165, 1.54) is 13.4 Å². The summed E-state index contributed by atoms with van der Waals surface area (Å²) in [6.45, 7) is 4.83. The maximum atomic E-state index is 13.7. The molecule has 1 aliphatic carbocycles. The minimum atomic E-state index is -1.15. The number of amides is 2. The van der Waals surface area contributed by atoms with Crippen molar-refractivity contribution in [3.05, 3.63) is 47.5 Å². The fraction of sp³-hybridized carbons (Fsp3) is 0.520. The van der Waals surface area contributed by atoms with Crippen molar-refractivity contribution in [1.29, 1.82) is 0 Å². The topological polar surface area (TPSA) is 103 Å². The molecule has 1 aromatic heterocycles. The highest BCUT2D eigenvalue weighted by atomic mass is 16.5. The lowest BCUT2D eigenvalue weighted by molar-refractivity contribution is -0.134. The van der Waals surface area contributed by atoms with Crippen LogP contribution in [-0.4, -0.2) is 57.5 Å². The zero-order chi connectivity index (χ0) is 24.3. The summed E-state index contributed by atoms with van der Waals surface area (Å²) in [5.74, 6) is -0.559. The molecule has 1 fully saturated rings. The van der Waals surface area contributed by atoms with Crippen LogP contribution in [0.3, 0.4) is 0 Å². The van der Waals surface area contributed by atoms with Crippen LogP contribution in [0.15, 0.2) is 30.6 Å². The van der Waals surface area contributed by atoms with Gasteiger partial charge in [0.2, 0.25) is 5.91 Å². The normalized spacial score (nSPS) is 20.2. The SMILES string of the molecule is CCCOc1ccc(CN2C(=O)c3c(C(=O)OC)ncn3C[C@@]2(C)C(=O)NC2CCCC2)cc1. The Morgan fingerprint density at radius 2 is 1.91 bits per heavy atom. The molecule has 0 bridgehead atoms. The Bertz CT molecular complexity index is 1060. The summed E-state index contributed by atoms with van der Waals surface area (Å²) >= 11 is 0. The van der Waals surface area contributed by atoms with Gasteiger partial charge in [0.1, 0.15) is 17.0 Å². The number of carbonyl (C=O) groups excluding carboxylic acids is 3. The van der Waals surface area contributed by atoms with E-state index in [0.717, 1.165) is 43.4 Å². The second kappa shape index (κ2) is 9.87. The molecule has 2 heterocycles. The Labute approximate surface area is 199 Å². The van der Waals surface area contributed by atoms with Gasteiger partial charge in [-0.3, -0.25) is 9.59 Å². The molecule has 1 atom stereocenters. The van der Waals surface area contributed by atoms with Crippen molar-refractivity contribution in [2.45, 2.75) is 70.6 Å². The number of esters is 1. The first-order valence-corrected chi connectivity index (χ1v) is 11.9. The number of nitrogens with zero attached hydrogens (tertiary/aromatic N) is 3. The van der Waals surface area contributed by atoms with Gasteiger partial charge < -0.3 is 24.3 Å². The minimum Gasteiger partial charge on any atom is -0.494 e. The molecule has 34 heavy (non-hydrogen) atoms. The summed E-state index contributed by atoms with van der Waals surface area (Å²) in [5.41, 5.74) is -0.206. The Morgan fingerprint density at radius 1 is 1.21 bits per heavy atom. The number of benzene rings is 1. The summed E-state index contributed by atoms with van der Waals surface area (Å²) in [7, 11) is 1.25. The van der Waals surface area contributed by atoms with Crippen LogP contribution in [0.4, 0.5) is 0 Å². The molecule has 0 radical (unpaired) electrons. The van der Waals surface area contributed by atoms with Gasteiger partial charge in [-0.1, -0.05) is 31.9 Å². The molecule has 0 spiro atoms. The van der Waals surface area contributed by atoms with Crippen molar-refractivity contribution < 1.29 is 23.9 Å². The lowest BCUT2D eigenvalue weighted by Gasteiger charge is -2.44. The van der Waals surface area contributed by atoms with Crippen LogP contribution in [0.5, 0.6) is 5.75 Å². The lowest BCUT2D eigenvalue weighted by Crippen LogP contribution is -2.64. The number of hydrogen-bond acceptors (Lipinski definition) is 6. The summed E-state index contributed by atoms with van der Waals surface area (Å²) in [5, 5.41) is 3.15. The molecule has 2 aliphatic rings. The zero-order valence-corrected chi connectivity index (χ0v) is 20.0. The molecule has 9 nitrogen and oxygen atoms in total. The van der Waals surface area contributed by atoms with Crippen LogP contribution < -0.4 is 10.1 Å². The van der Waals surface area contributed by atoms with E-state index in [0.29, 0.717) is 6.61 Å². The van der Waals surface area contributed by atoms with E-state index >= 15 is 0 Å². The molecule has 2 aromatic rings. The fourth-order valence-corrected chi connectivity index (χ4v) is 4.69. The van der Waals surface area contributed by atoms with E-state index in [1.807, 2.05) is 31.2 Å². The van der Waals surface area contributed by atoms with Crippen molar-refractivity contribution in [2.75, 3.05) is 13.7 Å². The molecular weight excluding hydrogens is 436 g/mol. The number of hydrogen-bond donors (Lipinski definition) is 1. The summed E-state index contributed by atoms with van der Waals surface area (Å²) < 4.78 is 12.1. The van der Waals surface area contributed by atoms with Crippen LogP contribution in [0.2, 0.25) is 0 Å². The molecule has 2 amide bonds. The molecule has 1 saturated carbocycles. The molecule has 182 valence electrons. The molecular formula is C25H32N4O5. The third kappa shape index (κ3) is 4.51. The van der Waals surface area contributed by atoms with Gasteiger partial charge in [0.15, 0.2) is 5.69 Å². The van der Waals surface area contributed by atoms with Crippen molar-refractivity contribution in [3.63, 3.8) is 0 Å². The second-order valence-electron chi connectivity index (χ2n) is 9.17. The fourth-order valence-electron chi connectivity index (χ4n) is 4.69. The van der Waals surface area contributed by atoms with Crippen molar-refractivity contribution in [3.8, 4) is 5.75 Å². The molecule has 9 heteroatoms. The summed E-state index contributed by atoms with van der Waals surface area (Å²) in [4.78, 5) is 45.2. The van der Waals surface area contributed by atoms with Gasteiger partial charge in [0.05, 0.1) is 26.6 Å². The number of ether oxygens (including phenoxy) is 2. The van der Waals surface area contributed by atoms with Crippen molar-refractivity contribution >= 4 is 17.8 Å². The van der Waals surface area contributed by atoms with Crippen LogP contribution in [0.1, 0.15) is 72.5 Å². The summed E-state index contributed by atoms with van der Waals surface area (Å²) in [6, 6.07) is 7.62. The van der Waals surface area contributed by atoms with Gasteiger partial charge in [0.25, 0.3) is 5.91 Å². The monoisotopic (exact) mass is 468 g/mol. The molecule has 0 unspecified atom stereocenters. The molecule has 1 aliphatic heterocycles. The van der Waals surface area contributed by atoms with Crippen molar-refractivity contribution in [2.24, 2.45) is 0 Å². The smallest absolute Gasteiger partial charge is 0.359 e. The third-order valence-electron chi connectivity index (χ3n) is 6.65. The quantitative estimate of drug-likeness (QED) is 0.598. The molecule has 0 saturated heterocycles. The first-order chi connectivity index (χ1) is 16.4. The Kier molecular flexibility index (Phi) is 6.90. The van der Waals surface area contributed by atoms with E-state index in [-0.39, 0.29) is 36.4 Å². The number of aromatic nitrogens is 2. The van der Waals surface area contributed by atoms with E-state index in [1.54, 1.807) is 16.4 Å². The van der Waals surface area contributed by atoms with Crippen LogP contribution in [-0.2, 0) is 22.6 Å². The third-order valence-corrected chi connectivity index (χ3v) is 6.65. The van der Waals surface area contributed by atoms with Crippen LogP contribution in [0, 0.1) is 0 Å². The predicted octanol–water partition coefficient (Wildman–Crippen LogP) is 2.93. The van der Waals surface area contributed by atoms with E-state index < -0.39 is 17.4 Å². The first kappa shape index (κ1) is 23.8. The predicted molar refractivity (Wildman–Crippen MR) is 124 cm³/mol. The van der Waals surface area contributed by atoms with E-state index in [9.17, 15) is 14.4 Å². The maximum Gasteiger partial charge on any atom is 0.359 e. The van der Waals surface area contributed by atoms with Gasteiger partial charge in [-0.15, -0.1) is 0 Å². The zero-order valence-electron chi connectivity index (χ0n) is 20.0. The number of fused-ring (bicyclic) bond motifs is 1. The van der Waals surface area contributed by atoms with Crippen LogP contribution >= 0.6 is 0 Å². The minimum absolute atomic E-state index is 0.0425. The average Bonchev–Trinajstić information content (AvgIpc) is 3.50. The highest BCUT2D eigenvalue weighted by Crippen LogP contribution is 2.32. The van der Waals surface area contributed by atoms with Gasteiger partial charge >= 0.3 is 5.97 Å². The number of carbonyl (C=O) groups is 3. The number of nitrogens with one attached hydrogen (secondary N) is 1. The Hall–Kier alpha value is -3.36. The number of rotatable bonds is 8. The largest absolute Gasteiger partial charge is 0.494 e. The average molecular weight is 469 g/mol. The standard InChI is InChI=1S/C25H32N4O5/c1-4-13-34-19-11-9-17(10-12-19)14-29-22(30)21-20(23(31)33-3)26-16-28(21)15-25(29,2)24(32)27-18-7-5-6-8-18/h9-12,16,18H,4-8,13-15H2,1-3H3,(H,27,32)/t25-/m0/s1.